The highest BCUT2D eigenvalue weighted by atomic mass is 14.5. The molecule has 0 saturated heterocycles. The lowest BCUT2D eigenvalue weighted by Crippen LogP contribution is -2.12. The van der Waals surface area contributed by atoms with E-state index in [4.69, 9.17) is 0 Å². The maximum Gasteiger partial charge on any atom is -0.00233 e. The van der Waals surface area contributed by atoms with E-state index in [2.05, 4.69) is 204 Å². The first-order valence-corrected chi connectivity index (χ1v) is 30.2. The normalized spacial score (nSPS) is 22.3. The fraction of sp³-hybridized carbons (Fsp3) is 0.403. The van der Waals surface area contributed by atoms with Crippen LogP contribution in [0, 0.1) is 0 Å². The van der Waals surface area contributed by atoms with Gasteiger partial charge in [0.15, 0.2) is 0 Å². The second kappa shape index (κ2) is 16.3. The minimum absolute atomic E-state index is 0.00114. The average molecular weight is 1010 g/mol. The van der Waals surface area contributed by atoms with Crippen LogP contribution in [0.15, 0.2) is 121 Å². The van der Waals surface area contributed by atoms with Crippen molar-refractivity contribution >= 4 is 43.1 Å². The van der Waals surface area contributed by atoms with Crippen molar-refractivity contribution in [3.05, 3.63) is 177 Å². The summed E-state index contributed by atoms with van der Waals surface area (Å²) in [4.78, 5) is 0. The lowest BCUT2D eigenvalue weighted by Gasteiger charge is -2.29. The highest BCUT2D eigenvalue weighted by Gasteiger charge is 2.44. The summed E-state index contributed by atoms with van der Waals surface area (Å²) in [7, 11) is 0. The molecule has 0 aromatic heterocycles. The maximum absolute atomic E-state index is 2.65. The standard InChI is InChI=1S/C77H80/c1-74(2,3)48-27-31-56-62(38-48)70(58-17-13-15-52-42-19-21-44(35-42)66(52)58)54-29-25-50(76(7,8)9)40-64(54)72(56)60-33-34-61(69-47-24-23-46(37-47)68(60)69)73-57-32-28-49(75(4,5)6)39-63(57)71(55-30-26-51(41-65(55)73)77(10,11)12)59-18-14-16-53-43-20-22-45(36-43)67(53)59/h13-18,25-34,38-47H,19-24,35-37H2,1-12H3. The highest BCUT2D eigenvalue weighted by molar-refractivity contribution is 6.25. The number of rotatable bonds is 4. The molecule has 0 radical (unpaired) electrons. The summed E-state index contributed by atoms with van der Waals surface area (Å²) in [6.07, 6.45) is 11.8. The van der Waals surface area contributed by atoms with Crippen LogP contribution in [0.2, 0.25) is 0 Å². The Balaban J connectivity index is 1.06. The molecule has 6 atom stereocenters. The van der Waals surface area contributed by atoms with Crippen molar-refractivity contribution in [2.24, 2.45) is 0 Å². The van der Waals surface area contributed by atoms with Crippen molar-refractivity contribution in [1.82, 2.24) is 0 Å². The van der Waals surface area contributed by atoms with Gasteiger partial charge in [0.1, 0.15) is 0 Å². The minimum Gasteiger partial charge on any atom is -0.0613 e. The van der Waals surface area contributed by atoms with Crippen molar-refractivity contribution in [2.75, 3.05) is 0 Å². The van der Waals surface area contributed by atoms with Crippen molar-refractivity contribution in [3.63, 3.8) is 0 Å². The molecular weight excluding hydrogens is 925 g/mol. The van der Waals surface area contributed by atoms with Gasteiger partial charge < -0.3 is 0 Å². The predicted molar refractivity (Wildman–Crippen MR) is 331 cm³/mol. The Morgan fingerprint density at radius 3 is 0.818 bits per heavy atom. The summed E-state index contributed by atoms with van der Waals surface area (Å²) in [5.74, 6) is 3.82. The van der Waals surface area contributed by atoms with E-state index in [9.17, 15) is 0 Å². The van der Waals surface area contributed by atoms with E-state index in [1.165, 1.54) is 168 Å². The summed E-state index contributed by atoms with van der Waals surface area (Å²) in [6.45, 7) is 28.8. The molecule has 3 fully saturated rings. The summed E-state index contributed by atoms with van der Waals surface area (Å²) in [5, 5.41) is 11.4. The molecule has 0 aliphatic heterocycles. The Morgan fingerprint density at radius 1 is 0.260 bits per heavy atom. The zero-order chi connectivity index (χ0) is 53.0. The predicted octanol–water partition coefficient (Wildman–Crippen LogP) is 22.3. The smallest absolute Gasteiger partial charge is 0.00233 e. The van der Waals surface area contributed by atoms with Crippen molar-refractivity contribution in [3.8, 4) is 44.5 Å². The molecular formula is C77H80. The maximum atomic E-state index is 2.65. The van der Waals surface area contributed by atoms with Gasteiger partial charge in [0.25, 0.3) is 0 Å². The van der Waals surface area contributed by atoms with Gasteiger partial charge >= 0.3 is 0 Å². The molecule has 6 unspecified atom stereocenters. The van der Waals surface area contributed by atoms with E-state index in [1.54, 1.807) is 33.4 Å². The Kier molecular flexibility index (Phi) is 10.2. The molecule has 77 heavy (non-hydrogen) atoms. The SMILES string of the molecule is CC(C)(C)c1ccc2c(-c3ccc(-c4c5ccc(C(C)(C)C)cc5c(-c5cccc6c5C5CCC6C5)c5ccc(C(C)(C)C)cc45)c4c3C3CCC4C3)c3cc(C(C)(C)C)ccc3c(-c3cccc4c3C3CCC4C3)c2c1. The van der Waals surface area contributed by atoms with E-state index in [0.717, 1.165) is 0 Å². The van der Waals surface area contributed by atoms with E-state index in [0.29, 0.717) is 35.5 Å². The van der Waals surface area contributed by atoms with E-state index in [-0.39, 0.29) is 21.7 Å². The summed E-state index contributed by atoms with van der Waals surface area (Å²) >= 11 is 0. The first-order valence-electron chi connectivity index (χ1n) is 30.2. The van der Waals surface area contributed by atoms with Crippen LogP contribution in [0.25, 0.3) is 87.6 Å². The van der Waals surface area contributed by atoms with Crippen LogP contribution in [0.5, 0.6) is 0 Å². The quantitative estimate of drug-likeness (QED) is 0.154. The molecule has 3 saturated carbocycles. The second-order valence-corrected chi connectivity index (χ2v) is 29.8. The van der Waals surface area contributed by atoms with E-state index in [1.807, 2.05) is 0 Å². The molecule has 6 aliphatic carbocycles. The topological polar surface area (TPSA) is 0 Å². The Morgan fingerprint density at radius 2 is 0.519 bits per heavy atom. The molecule has 9 aromatic carbocycles. The molecule has 388 valence electrons. The summed E-state index contributed by atoms with van der Waals surface area (Å²) in [6, 6.07) is 50.7. The minimum atomic E-state index is 0.00114. The molecule has 0 spiro atoms. The Hall–Kier alpha value is -5.98. The Labute approximate surface area is 460 Å². The van der Waals surface area contributed by atoms with Crippen LogP contribution in [-0.2, 0) is 21.7 Å². The van der Waals surface area contributed by atoms with Gasteiger partial charge in [0, 0.05) is 0 Å². The van der Waals surface area contributed by atoms with Crippen molar-refractivity contribution < 1.29 is 0 Å². The molecule has 0 nitrogen and oxygen atoms in total. The fourth-order valence-electron chi connectivity index (χ4n) is 17.2. The van der Waals surface area contributed by atoms with Crippen LogP contribution in [0.4, 0.5) is 0 Å². The number of benzene rings is 9. The lowest BCUT2D eigenvalue weighted by atomic mass is 9.74. The number of fused-ring (bicyclic) bond motifs is 19. The molecule has 0 N–H and O–H groups in total. The molecule has 15 rings (SSSR count). The molecule has 9 aromatic rings. The largest absolute Gasteiger partial charge is 0.0613 e. The van der Waals surface area contributed by atoms with Crippen LogP contribution in [0.3, 0.4) is 0 Å². The van der Waals surface area contributed by atoms with Crippen LogP contribution in [-0.4, -0.2) is 0 Å². The van der Waals surface area contributed by atoms with Crippen LogP contribution in [0.1, 0.15) is 232 Å². The molecule has 6 aliphatic rings. The monoisotopic (exact) mass is 1000 g/mol. The average Bonchev–Trinajstić information content (AvgIpc) is 4.50. The Bertz CT molecular complexity index is 3770. The fourth-order valence-corrected chi connectivity index (χ4v) is 17.2. The van der Waals surface area contributed by atoms with Crippen molar-refractivity contribution in [2.45, 2.75) is 198 Å². The first kappa shape index (κ1) is 48.2. The third-order valence-corrected chi connectivity index (χ3v) is 21.2. The van der Waals surface area contributed by atoms with Gasteiger partial charge in [0.05, 0.1) is 0 Å². The van der Waals surface area contributed by atoms with Gasteiger partial charge in [-0.05, 0) is 282 Å². The second-order valence-electron chi connectivity index (χ2n) is 29.8. The van der Waals surface area contributed by atoms with Gasteiger partial charge in [-0.25, -0.2) is 0 Å². The van der Waals surface area contributed by atoms with Gasteiger partial charge in [-0.15, -0.1) is 0 Å². The molecule has 0 heterocycles. The van der Waals surface area contributed by atoms with Crippen molar-refractivity contribution in [1.29, 1.82) is 0 Å². The summed E-state index contributed by atoms with van der Waals surface area (Å²) in [5.41, 5.74) is 27.3. The number of hydrogen-bond donors (Lipinski definition) is 0. The number of hydrogen-bond acceptors (Lipinski definition) is 0. The lowest BCUT2D eigenvalue weighted by molar-refractivity contribution is 0.590. The van der Waals surface area contributed by atoms with Gasteiger partial charge in [-0.2, -0.15) is 0 Å². The van der Waals surface area contributed by atoms with Gasteiger partial charge in [0.2, 0.25) is 0 Å². The van der Waals surface area contributed by atoms with Crippen LogP contribution >= 0.6 is 0 Å². The third-order valence-electron chi connectivity index (χ3n) is 21.2. The molecule has 0 heteroatoms. The zero-order valence-electron chi connectivity index (χ0n) is 48.4. The summed E-state index contributed by atoms with van der Waals surface area (Å²) < 4.78 is 0. The molecule has 6 bridgehead atoms. The van der Waals surface area contributed by atoms with E-state index < -0.39 is 0 Å². The van der Waals surface area contributed by atoms with Gasteiger partial charge in [-0.1, -0.05) is 180 Å². The highest BCUT2D eigenvalue weighted by Crippen LogP contribution is 2.63. The van der Waals surface area contributed by atoms with Gasteiger partial charge in [-0.3, -0.25) is 0 Å². The first-order chi connectivity index (χ1) is 36.7. The third kappa shape index (κ3) is 7.07. The molecule has 0 amide bonds. The zero-order valence-corrected chi connectivity index (χ0v) is 48.4. The van der Waals surface area contributed by atoms with E-state index >= 15 is 0 Å². The van der Waals surface area contributed by atoms with Crippen LogP contribution < -0.4 is 0 Å².